The smallest absolute Gasteiger partial charge is 0.324 e. The first-order chi connectivity index (χ1) is 14.3. The molecule has 0 aromatic heterocycles. The second-order valence-electron chi connectivity index (χ2n) is 7.52. The summed E-state index contributed by atoms with van der Waals surface area (Å²) in [6.07, 6.45) is 0. The Morgan fingerprint density at radius 1 is 1.07 bits per heavy atom. The molecule has 4 amide bonds. The summed E-state index contributed by atoms with van der Waals surface area (Å²) in [5.41, 5.74) is 0.781. The van der Waals surface area contributed by atoms with Gasteiger partial charge in [-0.05, 0) is 53.9 Å². The van der Waals surface area contributed by atoms with Gasteiger partial charge in [-0.1, -0.05) is 54.1 Å². The molecule has 1 unspecified atom stereocenters. The van der Waals surface area contributed by atoms with Crippen molar-refractivity contribution in [3.05, 3.63) is 76.8 Å². The minimum absolute atomic E-state index is 0.389. The van der Waals surface area contributed by atoms with E-state index in [0.29, 0.717) is 16.3 Å². The summed E-state index contributed by atoms with van der Waals surface area (Å²) in [4.78, 5) is 39.1. The number of halogens is 1. The molecule has 0 saturated carbocycles. The van der Waals surface area contributed by atoms with Gasteiger partial charge in [0.2, 0.25) is 5.91 Å². The number of imide groups is 1. The van der Waals surface area contributed by atoms with Crippen molar-refractivity contribution in [3.8, 4) is 0 Å². The fourth-order valence-corrected chi connectivity index (χ4v) is 3.77. The molecule has 1 heterocycles. The number of aryl methyl sites for hydroxylation is 1. The van der Waals surface area contributed by atoms with E-state index in [1.165, 1.54) is 0 Å². The van der Waals surface area contributed by atoms with Gasteiger partial charge in [0.05, 0.1) is 0 Å². The number of hydrogen-bond donors (Lipinski definition) is 2. The molecule has 3 aromatic carbocycles. The molecule has 6 nitrogen and oxygen atoms in total. The second-order valence-corrected chi connectivity index (χ2v) is 7.95. The first-order valence-electron chi connectivity index (χ1n) is 9.47. The lowest BCUT2D eigenvalue weighted by Gasteiger charge is -2.22. The summed E-state index contributed by atoms with van der Waals surface area (Å²) in [6, 6.07) is 17.9. The Labute approximate surface area is 178 Å². The molecule has 1 aliphatic rings. The topological polar surface area (TPSA) is 78.5 Å². The molecule has 0 radical (unpaired) electrons. The normalized spacial score (nSPS) is 18.6. The zero-order valence-electron chi connectivity index (χ0n) is 16.5. The van der Waals surface area contributed by atoms with Gasteiger partial charge < -0.3 is 10.6 Å². The van der Waals surface area contributed by atoms with Crippen LogP contribution < -0.4 is 10.6 Å². The van der Waals surface area contributed by atoms with Crippen LogP contribution in [-0.4, -0.2) is 29.3 Å². The highest BCUT2D eigenvalue weighted by Crippen LogP contribution is 2.31. The number of anilines is 1. The van der Waals surface area contributed by atoms with E-state index in [4.69, 9.17) is 11.6 Å². The minimum atomic E-state index is -1.24. The summed E-state index contributed by atoms with van der Waals surface area (Å²) in [7, 11) is 0. The van der Waals surface area contributed by atoms with E-state index in [0.717, 1.165) is 21.2 Å². The standard InChI is InChI=1S/C23H20ClN3O3/c1-14-7-10-18(24)12-19(14)25-20(28)13-27-21(29)23(2,26-22(27)30)17-9-8-15-5-3-4-6-16(15)11-17/h3-12H,13H2,1-2H3,(H,25,28)(H,26,30). The van der Waals surface area contributed by atoms with Crippen molar-refractivity contribution in [3.63, 3.8) is 0 Å². The molecule has 3 aromatic rings. The Kier molecular flexibility index (Phi) is 4.95. The molecule has 7 heteroatoms. The van der Waals surface area contributed by atoms with Crippen LogP contribution in [0.5, 0.6) is 0 Å². The van der Waals surface area contributed by atoms with Crippen LogP contribution in [0, 0.1) is 6.92 Å². The lowest BCUT2D eigenvalue weighted by atomic mass is 9.90. The Bertz CT molecular complexity index is 1190. The quantitative estimate of drug-likeness (QED) is 0.619. The van der Waals surface area contributed by atoms with Crippen LogP contribution in [0.3, 0.4) is 0 Å². The SMILES string of the molecule is Cc1ccc(Cl)cc1NC(=O)CN1C(=O)NC(C)(c2ccc3ccccc3c2)C1=O. The fraction of sp³-hybridized carbons (Fsp3) is 0.174. The maximum Gasteiger partial charge on any atom is 0.325 e. The number of rotatable bonds is 4. The van der Waals surface area contributed by atoms with Crippen molar-refractivity contribution < 1.29 is 14.4 Å². The molecule has 1 aliphatic heterocycles. The van der Waals surface area contributed by atoms with E-state index in [-0.39, 0.29) is 6.54 Å². The summed E-state index contributed by atoms with van der Waals surface area (Å²) < 4.78 is 0. The molecule has 1 saturated heterocycles. The number of hydrogen-bond acceptors (Lipinski definition) is 3. The van der Waals surface area contributed by atoms with Gasteiger partial charge in [-0.15, -0.1) is 0 Å². The van der Waals surface area contributed by atoms with Crippen molar-refractivity contribution in [2.45, 2.75) is 19.4 Å². The third-order valence-electron chi connectivity index (χ3n) is 5.38. The molecule has 1 atom stereocenters. The van der Waals surface area contributed by atoms with Crippen molar-refractivity contribution in [1.82, 2.24) is 10.2 Å². The third kappa shape index (κ3) is 3.50. The Balaban J connectivity index is 1.55. The first-order valence-corrected chi connectivity index (χ1v) is 9.85. The lowest BCUT2D eigenvalue weighted by molar-refractivity contribution is -0.133. The third-order valence-corrected chi connectivity index (χ3v) is 5.61. The number of urea groups is 1. The molecule has 1 fully saturated rings. The van der Waals surface area contributed by atoms with Crippen LogP contribution in [0.4, 0.5) is 10.5 Å². The molecule has 4 rings (SSSR count). The molecule has 30 heavy (non-hydrogen) atoms. The maximum atomic E-state index is 13.1. The van der Waals surface area contributed by atoms with Crippen LogP contribution in [0.15, 0.2) is 60.7 Å². The predicted octanol–water partition coefficient (Wildman–Crippen LogP) is 4.21. The van der Waals surface area contributed by atoms with Crippen molar-refractivity contribution in [2.75, 3.05) is 11.9 Å². The summed E-state index contributed by atoms with van der Waals surface area (Å²) >= 11 is 5.98. The average Bonchev–Trinajstić information content (AvgIpc) is 2.94. The van der Waals surface area contributed by atoms with E-state index in [9.17, 15) is 14.4 Å². The van der Waals surface area contributed by atoms with Crippen molar-refractivity contribution in [2.24, 2.45) is 0 Å². The first kappa shape index (κ1) is 19.9. The van der Waals surface area contributed by atoms with E-state index < -0.39 is 23.4 Å². The number of carbonyl (C=O) groups excluding carboxylic acids is 3. The predicted molar refractivity (Wildman–Crippen MR) is 116 cm³/mol. The van der Waals surface area contributed by atoms with Gasteiger partial charge in [-0.3, -0.25) is 14.5 Å². The van der Waals surface area contributed by atoms with E-state index in [2.05, 4.69) is 10.6 Å². The average molecular weight is 422 g/mol. The van der Waals surface area contributed by atoms with Crippen LogP contribution in [0.25, 0.3) is 10.8 Å². The zero-order chi connectivity index (χ0) is 21.5. The number of amides is 4. The van der Waals surface area contributed by atoms with E-state index in [1.54, 1.807) is 25.1 Å². The number of benzene rings is 3. The molecule has 2 N–H and O–H groups in total. The van der Waals surface area contributed by atoms with Gasteiger partial charge in [-0.2, -0.15) is 0 Å². The largest absolute Gasteiger partial charge is 0.325 e. The Hall–Kier alpha value is -3.38. The van der Waals surface area contributed by atoms with Crippen molar-refractivity contribution >= 4 is 45.9 Å². The molecule has 0 spiro atoms. The summed E-state index contributed by atoms with van der Waals surface area (Å²) in [6.45, 7) is 3.09. The molecular formula is C23H20ClN3O3. The van der Waals surface area contributed by atoms with Gasteiger partial charge in [-0.25, -0.2) is 4.79 Å². The fourth-order valence-electron chi connectivity index (χ4n) is 3.60. The number of nitrogens with zero attached hydrogens (tertiary/aromatic N) is 1. The van der Waals surface area contributed by atoms with Crippen LogP contribution in [0.1, 0.15) is 18.1 Å². The molecule has 0 aliphatic carbocycles. The van der Waals surface area contributed by atoms with E-state index in [1.807, 2.05) is 49.4 Å². The second kappa shape index (κ2) is 7.46. The monoisotopic (exact) mass is 421 g/mol. The van der Waals surface area contributed by atoms with Crippen LogP contribution in [-0.2, 0) is 15.1 Å². The summed E-state index contributed by atoms with van der Waals surface area (Å²) in [5.74, 6) is -0.952. The zero-order valence-corrected chi connectivity index (χ0v) is 17.3. The van der Waals surface area contributed by atoms with Gasteiger partial charge in [0, 0.05) is 10.7 Å². The maximum absolute atomic E-state index is 13.1. The molecule has 0 bridgehead atoms. The van der Waals surface area contributed by atoms with Crippen LogP contribution in [0.2, 0.25) is 5.02 Å². The highest BCUT2D eigenvalue weighted by atomic mass is 35.5. The summed E-state index contributed by atoms with van der Waals surface area (Å²) in [5, 5.41) is 7.93. The number of fused-ring (bicyclic) bond motifs is 1. The van der Waals surface area contributed by atoms with Crippen LogP contribution >= 0.6 is 11.6 Å². The Morgan fingerprint density at radius 3 is 2.57 bits per heavy atom. The van der Waals surface area contributed by atoms with Crippen molar-refractivity contribution in [1.29, 1.82) is 0 Å². The number of nitrogens with one attached hydrogen (secondary N) is 2. The van der Waals surface area contributed by atoms with Gasteiger partial charge in [0.25, 0.3) is 5.91 Å². The highest BCUT2D eigenvalue weighted by molar-refractivity contribution is 6.31. The molecular weight excluding hydrogens is 402 g/mol. The number of carbonyl (C=O) groups is 3. The van der Waals surface area contributed by atoms with Gasteiger partial charge >= 0.3 is 6.03 Å². The van der Waals surface area contributed by atoms with E-state index >= 15 is 0 Å². The lowest BCUT2D eigenvalue weighted by Crippen LogP contribution is -2.42. The highest BCUT2D eigenvalue weighted by Gasteiger charge is 2.49. The molecule has 152 valence electrons. The Morgan fingerprint density at radius 2 is 1.80 bits per heavy atom. The minimum Gasteiger partial charge on any atom is -0.324 e. The van der Waals surface area contributed by atoms with Gasteiger partial charge in [0.15, 0.2) is 0 Å². The van der Waals surface area contributed by atoms with Gasteiger partial charge in [0.1, 0.15) is 12.1 Å².